The molecule has 5 heteroatoms. The van der Waals surface area contributed by atoms with Crippen molar-refractivity contribution in [1.29, 1.82) is 0 Å². The molecule has 2 N–H and O–H groups in total. The maximum absolute atomic E-state index is 11.3. The molecule has 0 radical (unpaired) electrons. The number of primary amides is 1. The van der Waals surface area contributed by atoms with Crippen LogP contribution in [0.1, 0.15) is 22.6 Å². The van der Waals surface area contributed by atoms with Crippen molar-refractivity contribution in [3.8, 4) is 11.3 Å². The molecule has 1 fully saturated rings. The Hall–Kier alpha value is -2.27. The number of likely N-dealkylation sites (tertiary alicyclic amines) is 1. The molecule has 3 rings (SSSR count). The number of amides is 1. The second kappa shape index (κ2) is 5.61. The number of aromatic nitrogens is 2. The molecule has 108 valence electrons. The fraction of sp³-hybridized carbons (Fsp3) is 0.312. The summed E-state index contributed by atoms with van der Waals surface area (Å²) < 4.78 is 0. The summed E-state index contributed by atoms with van der Waals surface area (Å²) in [5.74, 6) is -0.513. The maximum atomic E-state index is 11.3. The minimum Gasteiger partial charge on any atom is -0.364 e. The number of likely N-dealkylation sites (N-methyl/N-ethyl adjacent to an activating group) is 1. The first-order chi connectivity index (χ1) is 10.1. The van der Waals surface area contributed by atoms with Gasteiger partial charge in [-0.1, -0.05) is 6.07 Å². The van der Waals surface area contributed by atoms with E-state index in [1.165, 1.54) is 6.42 Å². The number of carbonyl (C=O) groups is 1. The largest absolute Gasteiger partial charge is 0.364 e. The van der Waals surface area contributed by atoms with Gasteiger partial charge < -0.3 is 10.6 Å². The molecule has 1 atom stereocenters. The lowest BCUT2D eigenvalue weighted by atomic mass is 9.95. The highest BCUT2D eigenvalue weighted by molar-refractivity contribution is 5.91. The van der Waals surface area contributed by atoms with E-state index in [9.17, 15) is 4.79 Å². The molecule has 0 aromatic carbocycles. The van der Waals surface area contributed by atoms with Crippen molar-refractivity contribution in [1.82, 2.24) is 14.9 Å². The van der Waals surface area contributed by atoms with E-state index in [1.807, 2.05) is 18.2 Å². The first kappa shape index (κ1) is 13.7. The fourth-order valence-electron chi connectivity index (χ4n) is 2.61. The van der Waals surface area contributed by atoms with Crippen molar-refractivity contribution in [3.63, 3.8) is 0 Å². The molecule has 0 saturated carbocycles. The average molecular weight is 282 g/mol. The van der Waals surface area contributed by atoms with E-state index in [0.717, 1.165) is 29.9 Å². The number of nitrogens with two attached hydrogens (primary N) is 1. The van der Waals surface area contributed by atoms with E-state index >= 15 is 0 Å². The second-order valence-electron chi connectivity index (χ2n) is 5.40. The average Bonchev–Trinajstić information content (AvgIpc) is 2.51. The molecule has 0 aliphatic carbocycles. The Balaban J connectivity index is 1.94. The van der Waals surface area contributed by atoms with Gasteiger partial charge >= 0.3 is 0 Å². The van der Waals surface area contributed by atoms with Crippen LogP contribution in [0.15, 0.2) is 36.5 Å². The zero-order chi connectivity index (χ0) is 14.8. The third-order valence-electron chi connectivity index (χ3n) is 4.04. The third kappa shape index (κ3) is 2.78. The van der Waals surface area contributed by atoms with Gasteiger partial charge in [-0.2, -0.15) is 0 Å². The van der Waals surface area contributed by atoms with E-state index in [2.05, 4.69) is 21.9 Å². The highest BCUT2D eigenvalue weighted by atomic mass is 16.1. The van der Waals surface area contributed by atoms with Gasteiger partial charge in [-0.05, 0) is 44.3 Å². The minimum absolute atomic E-state index is 0.281. The zero-order valence-electron chi connectivity index (χ0n) is 12.0. The van der Waals surface area contributed by atoms with Gasteiger partial charge in [0.15, 0.2) is 0 Å². The summed E-state index contributed by atoms with van der Waals surface area (Å²) >= 11 is 0. The smallest absolute Gasteiger partial charge is 0.267 e. The van der Waals surface area contributed by atoms with E-state index in [4.69, 9.17) is 5.73 Å². The van der Waals surface area contributed by atoms with E-state index < -0.39 is 5.91 Å². The normalized spacial score (nSPS) is 18.2. The van der Waals surface area contributed by atoms with Crippen LogP contribution in [0.4, 0.5) is 0 Å². The predicted molar refractivity (Wildman–Crippen MR) is 80.7 cm³/mol. The summed E-state index contributed by atoms with van der Waals surface area (Å²) in [6.07, 6.45) is 3.89. The van der Waals surface area contributed by atoms with Crippen molar-refractivity contribution in [2.45, 2.75) is 18.9 Å². The van der Waals surface area contributed by atoms with E-state index in [-0.39, 0.29) is 5.69 Å². The lowest BCUT2D eigenvalue weighted by molar-refractivity contribution is 0.0995. The fourth-order valence-corrected chi connectivity index (χ4v) is 2.61. The molecule has 0 bridgehead atoms. The van der Waals surface area contributed by atoms with Gasteiger partial charge in [0.2, 0.25) is 0 Å². The Morgan fingerprint density at radius 3 is 2.90 bits per heavy atom. The van der Waals surface area contributed by atoms with Crippen LogP contribution in [0.2, 0.25) is 0 Å². The first-order valence-electron chi connectivity index (χ1n) is 7.06. The SMILES string of the molecule is CN1CC[C@@H]1Cc1ncccc1-c1cccc(C(N)=O)n1. The van der Waals surface area contributed by atoms with Gasteiger partial charge in [-0.25, -0.2) is 4.98 Å². The van der Waals surface area contributed by atoms with Crippen LogP contribution in [0.3, 0.4) is 0 Å². The molecule has 3 heterocycles. The molecular weight excluding hydrogens is 264 g/mol. The highest BCUT2D eigenvalue weighted by Gasteiger charge is 2.25. The zero-order valence-corrected chi connectivity index (χ0v) is 12.0. The van der Waals surface area contributed by atoms with Gasteiger partial charge in [0, 0.05) is 24.2 Å². The maximum Gasteiger partial charge on any atom is 0.267 e. The van der Waals surface area contributed by atoms with Gasteiger partial charge in [0.25, 0.3) is 5.91 Å². The summed E-state index contributed by atoms with van der Waals surface area (Å²) in [4.78, 5) is 22.5. The van der Waals surface area contributed by atoms with Crippen molar-refractivity contribution in [2.75, 3.05) is 13.6 Å². The Labute approximate surface area is 123 Å². The van der Waals surface area contributed by atoms with Gasteiger partial charge in [-0.15, -0.1) is 0 Å². The molecule has 0 spiro atoms. The number of pyridine rings is 2. The summed E-state index contributed by atoms with van der Waals surface area (Å²) in [6, 6.07) is 9.74. The van der Waals surface area contributed by atoms with Crippen LogP contribution in [0.25, 0.3) is 11.3 Å². The topological polar surface area (TPSA) is 72.1 Å². The number of nitrogens with zero attached hydrogens (tertiary/aromatic N) is 3. The van der Waals surface area contributed by atoms with Crippen LogP contribution in [0.5, 0.6) is 0 Å². The first-order valence-corrected chi connectivity index (χ1v) is 7.06. The summed E-state index contributed by atoms with van der Waals surface area (Å²) in [7, 11) is 2.13. The molecule has 1 aliphatic heterocycles. The third-order valence-corrected chi connectivity index (χ3v) is 4.04. The lowest BCUT2D eigenvalue weighted by Crippen LogP contribution is -2.46. The van der Waals surface area contributed by atoms with Crippen LogP contribution in [0, 0.1) is 0 Å². The quantitative estimate of drug-likeness (QED) is 0.922. The Kier molecular flexibility index (Phi) is 3.66. The number of rotatable bonds is 4. The summed E-state index contributed by atoms with van der Waals surface area (Å²) in [6.45, 7) is 1.14. The summed E-state index contributed by atoms with van der Waals surface area (Å²) in [5.41, 5.74) is 8.32. The molecular formula is C16H18N4O. The molecule has 5 nitrogen and oxygen atoms in total. The van der Waals surface area contributed by atoms with Crippen LogP contribution < -0.4 is 5.73 Å². The highest BCUT2D eigenvalue weighted by Crippen LogP contribution is 2.25. The molecule has 0 unspecified atom stereocenters. The summed E-state index contributed by atoms with van der Waals surface area (Å²) in [5, 5.41) is 0. The number of carbonyl (C=O) groups excluding carboxylic acids is 1. The Morgan fingerprint density at radius 2 is 2.24 bits per heavy atom. The van der Waals surface area contributed by atoms with Crippen LogP contribution >= 0.6 is 0 Å². The van der Waals surface area contributed by atoms with E-state index in [0.29, 0.717) is 6.04 Å². The molecule has 1 saturated heterocycles. The van der Waals surface area contributed by atoms with Crippen molar-refractivity contribution >= 4 is 5.91 Å². The lowest BCUT2D eigenvalue weighted by Gasteiger charge is -2.38. The molecule has 1 amide bonds. The van der Waals surface area contributed by atoms with E-state index in [1.54, 1.807) is 18.3 Å². The number of hydrogen-bond donors (Lipinski definition) is 1. The Morgan fingerprint density at radius 1 is 1.38 bits per heavy atom. The molecule has 21 heavy (non-hydrogen) atoms. The van der Waals surface area contributed by atoms with Crippen LogP contribution in [-0.4, -0.2) is 40.4 Å². The minimum atomic E-state index is -0.513. The van der Waals surface area contributed by atoms with Gasteiger partial charge in [0.1, 0.15) is 5.69 Å². The standard InChI is InChI=1S/C16H18N4O/c1-20-9-7-11(20)10-15-12(4-3-8-18-15)13-5-2-6-14(19-13)16(17)21/h2-6,8,11H,7,9-10H2,1H3,(H2,17,21)/t11-/m1/s1. The molecule has 2 aromatic heterocycles. The van der Waals surface area contributed by atoms with Gasteiger partial charge in [0.05, 0.1) is 11.4 Å². The molecule has 2 aromatic rings. The van der Waals surface area contributed by atoms with Crippen LogP contribution in [-0.2, 0) is 6.42 Å². The predicted octanol–water partition coefficient (Wildman–Crippen LogP) is 1.49. The number of hydrogen-bond acceptors (Lipinski definition) is 4. The van der Waals surface area contributed by atoms with Crippen molar-refractivity contribution in [3.05, 3.63) is 47.9 Å². The van der Waals surface area contributed by atoms with Gasteiger partial charge in [-0.3, -0.25) is 9.78 Å². The monoisotopic (exact) mass is 282 g/mol. The Bertz CT molecular complexity index is 671. The van der Waals surface area contributed by atoms with Crippen molar-refractivity contribution in [2.24, 2.45) is 5.73 Å². The molecule has 1 aliphatic rings. The second-order valence-corrected chi connectivity index (χ2v) is 5.40. The van der Waals surface area contributed by atoms with Crippen molar-refractivity contribution < 1.29 is 4.79 Å².